The van der Waals surface area contributed by atoms with Crippen LogP contribution < -0.4 is 10.1 Å². The standard InChI is InChI=1S/C19H17Cl2NO4/c1-11-6-14(20)2-4-16(11)22-18(23)10-26-19(24)13-7-12-8-15(21)3-5-17(12)25-9-13/h2-6,8,13H,7,9-10H2,1H3,(H,22,23)/t13-/m0/s1. The highest BCUT2D eigenvalue weighted by Crippen LogP contribution is 2.30. The van der Waals surface area contributed by atoms with E-state index in [0.29, 0.717) is 22.2 Å². The number of nitrogens with one attached hydrogen (secondary N) is 1. The van der Waals surface area contributed by atoms with E-state index in [1.807, 2.05) is 6.92 Å². The molecule has 0 aromatic heterocycles. The number of esters is 1. The van der Waals surface area contributed by atoms with Gasteiger partial charge in [0, 0.05) is 15.7 Å². The molecule has 7 heteroatoms. The van der Waals surface area contributed by atoms with Gasteiger partial charge in [-0.25, -0.2) is 0 Å². The summed E-state index contributed by atoms with van der Waals surface area (Å²) in [4.78, 5) is 24.2. The number of benzene rings is 2. The van der Waals surface area contributed by atoms with Crippen LogP contribution in [0.25, 0.3) is 0 Å². The highest BCUT2D eigenvalue weighted by Gasteiger charge is 2.28. The fourth-order valence-corrected chi connectivity index (χ4v) is 3.14. The largest absolute Gasteiger partial charge is 0.492 e. The molecule has 0 radical (unpaired) electrons. The van der Waals surface area contributed by atoms with Crippen LogP contribution in [0.15, 0.2) is 36.4 Å². The molecule has 1 atom stereocenters. The molecule has 2 aromatic rings. The van der Waals surface area contributed by atoms with Gasteiger partial charge in [0.25, 0.3) is 5.91 Å². The van der Waals surface area contributed by atoms with Crippen molar-refractivity contribution < 1.29 is 19.1 Å². The lowest BCUT2D eigenvalue weighted by Gasteiger charge is -2.24. The lowest BCUT2D eigenvalue weighted by molar-refractivity contribution is -0.152. The second-order valence-corrected chi connectivity index (χ2v) is 6.95. The topological polar surface area (TPSA) is 64.6 Å². The van der Waals surface area contributed by atoms with E-state index in [1.165, 1.54) is 0 Å². The smallest absolute Gasteiger partial charge is 0.313 e. The summed E-state index contributed by atoms with van der Waals surface area (Å²) >= 11 is 11.9. The van der Waals surface area contributed by atoms with Gasteiger partial charge in [-0.1, -0.05) is 23.2 Å². The highest BCUT2D eigenvalue weighted by atomic mass is 35.5. The predicted molar refractivity (Wildman–Crippen MR) is 99.9 cm³/mol. The van der Waals surface area contributed by atoms with Crippen LogP contribution in [0.3, 0.4) is 0 Å². The van der Waals surface area contributed by atoms with Gasteiger partial charge in [-0.15, -0.1) is 0 Å². The van der Waals surface area contributed by atoms with Crippen LogP contribution in [0.2, 0.25) is 10.0 Å². The summed E-state index contributed by atoms with van der Waals surface area (Å²) in [6, 6.07) is 10.4. The maximum atomic E-state index is 12.2. The van der Waals surface area contributed by atoms with Crippen molar-refractivity contribution in [2.45, 2.75) is 13.3 Å². The molecule has 0 bridgehead atoms. The zero-order valence-electron chi connectivity index (χ0n) is 14.1. The maximum absolute atomic E-state index is 12.2. The van der Waals surface area contributed by atoms with Crippen molar-refractivity contribution in [2.24, 2.45) is 5.92 Å². The number of hydrogen-bond donors (Lipinski definition) is 1. The van der Waals surface area contributed by atoms with Crippen LogP contribution in [0.4, 0.5) is 5.69 Å². The van der Waals surface area contributed by atoms with Crippen LogP contribution in [-0.2, 0) is 20.7 Å². The number of hydrogen-bond acceptors (Lipinski definition) is 4. The van der Waals surface area contributed by atoms with Crippen molar-refractivity contribution in [2.75, 3.05) is 18.5 Å². The van der Waals surface area contributed by atoms with E-state index in [0.717, 1.165) is 16.9 Å². The summed E-state index contributed by atoms with van der Waals surface area (Å²) in [6.45, 7) is 1.68. The van der Waals surface area contributed by atoms with Gasteiger partial charge >= 0.3 is 5.97 Å². The molecule has 1 amide bonds. The first-order valence-corrected chi connectivity index (χ1v) is 8.82. The zero-order chi connectivity index (χ0) is 18.7. The van der Waals surface area contributed by atoms with Gasteiger partial charge in [0.15, 0.2) is 6.61 Å². The molecule has 136 valence electrons. The molecule has 1 heterocycles. The summed E-state index contributed by atoms with van der Waals surface area (Å²) in [5, 5.41) is 3.87. The first kappa shape index (κ1) is 18.5. The zero-order valence-corrected chi connectivity index (χ0v) is 15.6. The first-order valence-electron chi connectivity index (χ1n) is 8.06. The van der Waals surface area contributed by atoms with Gasteiger partial charge in [0.1, 0.15) is 12.4 Å². The lowest BCUT2D eigenvalue weighted by atomic mass is 9.97. The predicted octanol–water partition coefficient (Wildman–Crippen LogP) is 4.03. The maximum Gasteiger partial charge on any atom is 0.313 e. The minimum atomic E-state index is -0.474. The average molecular weight is 394 g/mol. The van der Waals surface area contributed by atoms with Crippen molar-refractivity contribution in [1.82, 2.24) is 0 Å². The molecule has 0 aliphatic carbocycles. The molecule has 1 aliphatic rings. The van der Waals surface area contributed by atoms with Crippen LogP contribution in [-0.4, -0.2) is 25.1 Å². The number of ether oxygens (including phenoxy) is 2. The fraction of sp³-hybridized carbons (Fsp3) is 0.263. The van der Waals surface area contributed by atoms with Gasteiger partial charge in [-0.3, -0.25) is 9.59 Å². The van der Waals surface area contributed by atoms with Crippen LogP contribution >= 0.6 is 23.2 Å². The molecule has 1 aliphatic heterocycles. The molecule has 1 N–H and O–H groups in total. The van der Waals surface area contributed by atoms with E-state index in [2.05, 4.69) is 5.32 Å². The molecule has 0 saturated carbocycles. The molecule has 0 unspecified atom stereocenters. The number of amides is 1. The minimum Gasteiger partial charge on any atom is -0.492 e. The summed E-state index contributed by atoms with van der Waals surface area (Å²) in [5.41, 5.74) is 2.30. The monoisotopic (exact) mass is 393 g/mol. The van der Waals surface area contributed by atoms with E-state index in [-0.39, 0.29) is 13.2 Å². The summed E-state index contributed by atoms with van der Waals surface area (Å²) in [7, 11) is 0. The second-order valence-electron chi connectivity index (χ2n) is 6.08. The molecular formula is C19H17Cl2NO4. The first-order chi connectivity index (χ1) is 12.4. The summed E-state index contributed by atoms with van der Waals surface area (Å²) in [6.07, 6.45) is 0.465. The Kier molecular flexibility index (Phi) is 5.69. The number of carbonyl (C=O) groups excluding carboxylic acids is 2. The average Bonchev–Trinajstić information content (AvgIpc) is 2.61. The third-order valence-electron chi connectivity index (χ3n) is 4.07. The Hall–Kier alpha value is -2.24. The quantitative estimate of drug-likeness (QED) is 0.796. The van der Waals surface area contributed by atoms with Crippen LogP contribution in [0, 0.1) is 12.8 Å². The SMILES string of the molecule is Cc1cc(Cl)ccc1NC(=O)COC(=O)[C@@H]1COc2ccc(Cl)cc2C1. The number of carbonyl (C=O) groups is 2. The number of anilines is 1. The van der Waals surface area contributed by atoms with E-state index >= 15 is 0 Å². The number of fused-ring (bicyclic) bond motifs is 1. The Morgan fingerprint density at radius 1 is 1.19 bits per heavy atom. The molecule has 26 heavy (non-hydrogen) atoms. The van der Waals surface area contributed by atoms with Crippen LogP contribution in [0.1, 0.15) is 11.1 Å². The minimum absolute atomic E-state index is 0.214. The van der Waals surface area contributed by atoms with E-state index < -0.39 is 17.8 Å². The van der Waals surface area contributed by atoms with Gasteiger partial charge < -0.3 is 14.8 Å². The van der Waals surface area contributed by atoms with E-state index in [4.69, 9.17) is 32.7 Å². The van der Waals surface area contributed by atoms with Crippen molar-refractivity contribution in [3.63, 3.8) is 0 Å². The van der Waals surface area contributed by atoms with Crippen molar-refractivity contribution >= 4 is 40.8 Å². The second kappa shape index (κ2) is 7.98. The Morgan fingerprint density at radius 3 is 2.69 bits per heavy atom. The lowest BCUT2D eigenvalue weighted by Crippen LogP contribution is -2.32. The van der Waals surface area contributed by atoms with E-state index in [1.54, 1.807) is 36.4 Å². The third-order valence-corrected chi connectivity index (χ3v) is 4.54. The van der Waals surface area contributed by atoms with E-state index in [9.17, 15) is 9.59 Å². The number of halogens is 2. The van der Waals surface area contributed by atoms with Crippen molar-refractivity contribution in [3.8, 4) is 5.75 Å². The molecule has 0 saturated heterocycles. The summed E-state index contributed by atoms with van der Waals surface area (Å²) < 4.78 is 10.7. The number of rotatable bonds is 4. The van der Waals surface area contributed by atoms with Gasteiger partial charge in [0.2, 0.25) is 0 Å². The van der Waals surface area contributed by atoms with Crippen LogP contribution in [0.5, 0.6) is 5.75 Å². The summed E-state index contributed by atoms with van der Waals surface area (Å²) in [5.74, 6) is -0.636. The molecular weight excluding hydrogens is 377 g/mol. The normalized spacial score (nSPS) is 15.6. The Morgan fingerprint density at radius 2 is 1.92 bits per heavy atom. The Labute approximate surface area is 161 Å². The van der Waals surface area contributed by atoms with Crippen molar-refractivity contribution in [3.05, 3.63) is 57.6 Å². The van der Waals surface area contributed by atoms with Gasteiger partial charge in [-0.2, -0.15) is 0 Å². The molecule has 5 nitrogen and oxygen atoms in total. The van der Waals surface area contributed by atoms with Gasteiger partial charge in [0.05, 0.1) is 5.92 Å². The molecule has 0 fully saturated rings. The molecule has 3 rings (SSSR count). The fourth-order valence-electron chi connectivity index (χ4n) is 2.72. The molecule has 0 spiro atoms. The Balaban J connectivity index is 1.53. The molecule has 2 aromatic carbocycles. The Bertz CT molecular complexity index is 853. The van der Waals surface area contributed by atoms with Gasteiger partial charge in [-0.05, 0) is 60.9 Å². The third kappa shape index (κ3) is 4.48. The highest BCUT2D eigenvalue weighted by molar-refractivity contribution is 6.31. The van der Waals surface area contributed by atoms with Crippen molar-refractivity contribution in [1.29, 1.82) is 0 Å². The number of aryl methyl sites for hydroxylation is 1.